The van der Waals surface area contributed by atoms with Gasteiger partial charge in [0.2, 0.25) is 5.91 Å². The van der Waals surface area contributed by atoms with Crippen LogP contribution in [0.4, 0.5) is 4.79 Å². The van der Waals surface area contributed by atoms with Crippen LogP contribution >= 0.6 is 0 Å². The third kappa shape index (κ3) is 3.40. The molecule has 0 unspecified atom stereocenters. The molecular formula is C20H24N6O4. The number of carbonyl (C=O) groups excluding carboxylic acids is 2. The van der Waals surface area contributed by atoms with Gasteiger partial charge in [0.1, 0.15) is 0 Å². The first-order chi connectivity index (χ1) is 14.4. The molecule has 0 radical (unpaired) electrons. The second kappa shape index (κ2) is 7.03. The van der Waals surface area contributed by atoms with Crippen LogP contribution in [-0.2, 0) is 11.3 Å². The van der Waals surface area contributed by atoms with Gasteiger partial charge in [0.15, 0.2) is 11.0 Å². The van der Waals surface area contributed by atoms with E-state index in [9.17, 15) is 19.2 Å². The molecule has 4 fully saturated rings. The molecular weight excluding hydrogens is 388 g/mol. The normalized spacial score (nSPS) is 29.1. The Labute approximate surface area is 171 Å². The number of hydrogen-bond acceptors (Lipinski definition) is 6. The average Bonchev–Trinajstić information content (AvgIpc) is 2.68. The van der Waals surface area contributed by atoms with Crippen molar-refractivity contribution in [2.24, 2.45) is 17.8 Å². The van der Waals surface area contributed by atoms with Crippen molar-refractivity contribution < 1.29 is 9.59 Å². The molecule has 0 aromatic carbocycles. The number of urea groups is 1. The van der Waals surface area contributed by atoms with Gasteiger partial charge in [-0.3, -0.25) is 24.8 Å². The van der Waals surface area contributed by atoms with Crippen molar-refractivity contribution in [3.63, 3.8) is 0 Å². The van der Waals surface area contributed by atoms with E-state index in [1.807, 2.05) is 0 Å². The van der Waals surface area contributed by atoms with Crippen molar-refractivity contribution in [1.82, 2.24) is 30.4 Å². The summed E-state index contributed by atoms with van der Waals surface area (Å²) >= 11 is 0. The van der Waals surface area contributed by atoms with Crippen LogP contribution in [0.3, 0.4) is 0 Å². The van der Waals surface area contributed by atoms with Crippen molar-refractivity contribution >= 4 is 23.0 Å². The predicted molar refractivity (Wildman–Crippen MR) is 107 cm³/mol. The maximum Gasteiger partial charge on any atom is 0.321 e. The SMILES string of the molecule is O=C(CCn1[nH]c(=O)c2nccnc2c1=O)NC(=O)NC12CC3CC(CC(C3)C1)C2. The molecule has 0 atom stereocenters. The lowest BCUT2D eigenvalue weighted by Gasteiger charge is -2.56. The first kappa shape index (κ1) is 19.0. The summed E-state index contributed by atoms with van der Waals surface area (Å²) in [6, 6.07) is -0.479. The van der Waals surface area contributed by atoms with Crippen LogP contribution < -0.4 is 21.8 Å². The van der Waals surface area contributed by atoms with Gasteiger partial charge in [0.05, 0.1) is 6.54 Å². The van der Waals surface area contributed by atoms with Gasteiger partial charge < -0.3 is 5.32 Å². The van der Waals surface area contributed by atoms with Crippen molar-refractivity contribution in [3.8, 4) is 0 Å². The highest BCUT2D eigenvalue weighted by Gasteiger charge is 2.51. The second-order valence-electron chi connectivity index (χ2n) is 9.10. The van der Waals surface area contributed by atoms with Crippen molar-refractivity contribution in [2.75, 3.05) is 0 Å². The summed E-state index contributed by atoms with van der Waals surface area (Å²) in [6.45, 7) is -0.0724. The molecule has 10 nitrogen and oxygen atoms in total. The summed E-state index contributed by atoms with van der Waals surface area (Å²) in [4.78, 5) is 56.9. The number of H-pyrrole nitrogens is 1. The van der Waals surface area contributed by atoms with Crippen LogP contribution in [0.15, 0.2) is 22.0 Å². The number of nitrogens with zero attached hydrogens (tertiary/aromatic N) is 3. The zero-order valence-electron chi connectivity index (χ0n) is 16.5. The van der Waals surface area contributed by atoms with Crippen molar-refractivity contribution in [3.05, 3.63) is 33.1 Å². The zero-order valence-corrected chi connectivity index (χ0v) is 16.5. The van der Waals surface area contributed by atoms with Gasteiger partial charge >= 0.3 is 6.03 Å². The van der Waals surface area contributed by atoms with Gasteiger partial charge in [-0.1, -0.05) is 0 Å². The molecule has 10 heteroatoms. The third-order valence-corrected chi connectivity index (χ3v) is 6.83. The first-order valence-corrected chi connectivity index (χ1v) is 10.5. The number of amides is 3. The predicted octanol–water partition coefficient (Wildman–Crippen LogP) is 0.665. The van der Waals surface area contributed by atoms with Gasteiger partial charge in [0, 0.05) is 24.4 Å². The summed E-state index contributed by atoms with van der Waals surface area (Å²) in [5, 5.41) is 7.85. The number of aromatic amines is 1. The lowest BCUT2D eigenvalue weighted by atomic mass is 9.53. The molecule has 158 valence electrons. The number of carbonyl (C=O) groups is 2. The van der Waals surface area contributed by atoms with E-state index in [4.69, 9.17) is 0 Å². The topological polar surface area (TPSA) is 139 Å². The highest BCUT2D eigenvalue weighted by Crippen LogP contribution is 2.55. The standard InChI is InChI=1S/C20H24N6O4/c27-14(1-4-26-18(29)16-15(17(28)25-26)21-2-3-22-16)23-19(30)24-20-8-11-5-12(9-20)7-13(6-11)10-20/h2-3,11-13H,1,4-10H2,(H,25,28)(H2,23,24,27,30). The molecule has 4 aliphatic carbocycles. The van der Waals surface area contributed by atoms with Gasteiger partial charge in [-0.25, -0.2) is 19.4 Å². The first-order valence-electron chi connectivity index (χ1n) is 10.5. The Morgan fingerprint density at radius 1 is 1.03 bits per heavy atom. The summed E-state index contributed by atoms with van der Waals surface area (Å²) in [5.41, 5.74) is -1.38. The number of imide groups is 1. The van der Waals surface area contributed by atoms with Crippen molar-refractivity contribution in [1.29, 1.82) is 0 Å². The van der Waals surface area contributed by atoms with E-state index in [-0.39, 0.29) is 29.5 Å². The monoisotopic (exact) mass is 412 g/mol. The number of rotatable bonds is 4. The van der Waals surface area contributed by atoms with Crippen LogP contribution in [0.25, 0.3) is 11.0 Å². The largest absolute Gasteiger partial charge is 0.332 e. The molecule has 3 N–H and O–H groups in total. The molecule has 2 aromatic heterocycles. The average molecular weight is 412 g/mol. The summed E-state index contributed by atoms with van der Waals surface area (Å²) in [5.74, 6) is 1.55. The molecule has 0 aliphatic heterocycles. The van der Waals surface area contributed by atoms with E-state index in [0.717, 1.165) is 23.9 Å². The Kier molecular flexibility index (Phi) is 4.44. The molecule has 4 bridgehead atoms. The molecule has 0 spiro atoms. The van der Waals surface area contributed by atoms with Crippen molar-refractivity contribution in [2.45, 2.75) is 57.0 Å². The summed E-state index contributed by atoms with van der Waals surface area (Å²) in [6.07, 6.45) is 9.32. The fourth-order valence-electron chi connectivity index (χ4n) is 6.11. The van der Waals surface area contributed by atoms with Gasteiger partial charge in [0.25, 0.3) is 11.1 Å². The van der Waals surface area contributed by atoms with Crippen LogP contribution in [0, 0.1) is 17.8 Å². The maximum atomic E-state index is 12.5. The third-order valence-electron chi connectivity index (χ3n) is 6.83. The van der Waals surface area contributed by atoms with E-state index in [0.29, 0.717) is 17.8 Å². The molecule has 2 aromatic rings. The molecule has 6 rings (SSSR count). The summed E-state index contributed by atoms with van der Waals surface area (Å²) < 4.78 is 1.02. The highest BCUT2D eigenvalue weighted by atomic mass is 16.2. The Bertz CT molecular complexity index is 1100. The Hall–Kier alpha value is -3.04. The van der Waals surface area contributed by atoms with Crippen LogP contribution in [-0.4, -0.2) is 37.2 Å². The summed E-state index contributed by atoms with van der Waals surface area (Å²) in [7, 11) is 0. The highest BCUT2D eigenvalue weighted by molar-refractivity contribution is 5.94. The van der Waals surface area contributed by atoms with E-state index in [1.165, 1.54) is 31.7 Å². The molecule has 30 heavy (non-hydrogen) atoms. The number of fused-ring (bicyclic) bond motifs is 1. The molecule has 3 amide bonds. The maximum absolute atomic E-state index is 12.5. The van der Waals surface area contributed by atoms with Gasteiger partial charge in [-0.15, -0.1) is 0 Å². The van der Waals surface area contributed by atoms with E-state index in [2.05, 4.69) is 25.7 Å². The molecule has 0 saturated heterocycles. The fourth-order valence-corrected chi connectivity index (χ4v) is 6.11. The molecule has 4 aliphatic rings. The van der Waals surface area contributed by atoms with E-state index < -0.39 is 23.1 Å². The lowest BCUT2D eigenvalue weighted by molar-refractivity contribution is -0.120. The zero-order chi connectivity index (χ0) is 20.9. The minimum absolute atomic E-state index is 0.0434. The lowest BCUT2D eigenvalue weighted by Crippen LogP contribution is -2.61. The number of nitrogens with one attached hydrogen (secondary N) is 3. The fraction of sp³-hybridized carbons (Fsp3) is 0.600. The quantitative estimate of drug-likeness (QED) is 0.674. The second-order valence-corrected chi connectivity index (χ2v) is 9.10. The smallest absolute Gasteiger partial charge is 0.321 e. The van der Waals surface area contributed by atoms with Gasteiger partial charge in [-0.05, 0) is 56.3 Å². The number of aromatic nitrogens is 4. The molecule has 2 heterocycles. The van der Waals surface area contributed by atoms with E-state index in [1.54, 1.807) is 0 Å². The Morgan fingerprint density at radius 2 is 1.63 bits per heavy atom. The Morgan fingerprint density at radius 3 is 2.27 bits per heavy atom. The molecule has 4 saturated carbocycles. The van der Waals surface area contributed by atoms with Crippen LogP contribution in [0.5, 0.6) is 0 Å². The van der Waals surface area contributed by atoms with Gasteiger partial charge in [-0.2, -0.15) is 0 Å². The minimum Gasteiger partial charge on any atom is -0.332 e. The van der Waals surface area contributed by atoms with Crippen LogP contribution in [0.2, 0.25) is 0 Å². The minimum atomic E-state index is -0.558. The number of aryl methyl sites for hydroxylation is 1. The van der Waals surface area contributed by atoms with E-state index >= 15 is 0 Å². The van der Waals surface area contributed by atoms with Crippen LogP contribution in [0.1, 0.15) is 44.9 Å². The Balaban J connectivity index is 1.20. The number of hydrogen-bond donors (Lipinski definition) is 3.